The number of hydrogen-bond donors (Lipinski definition) is 0. The number of aromatic nitrogens is 2. The summed E-state index contributed by atoms with van der Waals surface area (Å²) in [5.74, 6) is 0.680. The van der Waals surface area contributed by atoms with Crippen molar-refractivity contribution in [2.75, 3.05) is 4.90 Å². The Hall–Kier alpha value is -1.45. The summed E-state index contributed by atoms with van der Waals surface area (Å²) < 4.78 is 0. The quantitative estimate of drug-likeness (QED) is 0.693. The van der Waals surface area contributed by atoms with Crippen LogP contribution in [0.5, 0.6) is 0 Å². The molecule has 0 N–H and O–H groups in total. The monoisotopic (exact) mass is 319 g/mol. The summed E-state index contributed by atoms with van der Waals surface area (Å²) in [6.07, 6.45) is 7.46. The molecule has 0 fully saturated rings. The van der Waals surface area contributed by atoms with Crippen molar-refractivity contribution in [1.29, 1.82) is 0 Å². The zero-order valence-electron chi connectivity index (χ0n) is 15.7. The highest BCUT2D eigenvalue weighted by Crippen LogP contribution is 2.24. The number of carbonyl (C=O) groups excluding carboxylic acids is 1. The Morgan fingerprint density at radius 1 is 1.26 bits per heavy atom. The molecule has 1 unspecified atom stereocenters. The Kier molecular flexibility index (Phi) is 7.66. The van der Waals surface area contributed by atoms with Crippen LogP contribution in [0.15, 0.2) is 12.3 Å². The number of amides is 1. The average molecular weight is 319 g/mol. The fourth-order valence-corrected chi connectivity index (χ4v) is 2.64. The van der Waals surface area contributed by atoms with Crippen LogP contribution in [-0.4, -0.2) is 21.9 Å². The van der Waals surface area contributed by atoms with Crippen LogP contribution < -0.4 is 4.90 Å². The van der Waals surface area contributed by atoms with Crippen LogP contribution in [-0.2, 0) is 11.2 Å². The third-order valence-electron chi connectivity index (χ3n) is 3.80. The molecule has 1 rings (SSSR count). The molecule has 130 valence electrons. The number of hydrogen-bond acceptors (Lipinski definition) is 3. The molecule has 1 aromatic heterocycles. The van der Waals surface area contributed by atoms with E-state index in [0.29, 0.717) is 12.4 Å². The minimum absolute atomic E-state index is 0.0406. The molecule has 0 saturated carbocycles. The maximum Gasteiger partial charge on any atom is 0.232 e. The number of nitrogens with zero attached hydrogens (tertiary/aromatic N) is 3. The molecule has 4 heteroatoms. The standard InChI is InChI=1S/C19H33N3O/c1-7-9-11-16-12-13-20-18(21-16)22(15(3)10-8-2)17(23)14-19(4,5)6/h12-13,15H,7-11,14H2,1-6H3. The summed E-state index contributed by atoms with van der Waals surface area (Å²) in [6, 6.07) is 2.08. The van der Waals surface area contributed by atoms with Gasteiger partial charge in [0.15, 0.2) is 0 Å². The van der Waals surface area contributed by atoms with Crippen LogP contribution in [0.25, 0.3) is 0 Å². The van der Waals surface area contributed by atoms with Crippen molar-refractivity contribution in [2.45, 2.75) is 86.1 Å². The van der Waals surface area contributed by atoms with Gasteiger partial charge in [0.1, 0.15) is 0 Å². The zero-order valence-corrected chi connectivity index (χ0v) is 15.7. The molecule has 23 heavy (non-hydrogen) atoms. The number of anilines is 1. The summed E-state index contributed by atoms with van der Waals surface area (Å²) in [4.78, 5) is 23.7. The van der Waals surface area contributed by atoms with Gasteiger partial charge in [-0.1, -0.05) is 47.5 Å². The van der Waals surface area contributed by atoms with Crippen molar-refractivity contribution < 1.29 is 4.79 Å². The Balaban J connectivity index is 3.06. The van der Waals surface area contributed by atoms with Crippen LogP contribution in [0, 0.1) is 5.41 Å². The Morgan fingerprint density at radius 2 is 1.96 bits per heavy atom. The van der Waals surface area contributed by atoms with Gasteiger partial charge in [0.25, 0.3) is 0 Å². The topological polar surface area (TPSA) is 46.1 Å². The number of unbranched alkanes of at least 4 members (excludes halogenated alkanes) is 1. The second kappa shape index (κ2) is 8.99. The van der Waals surface area contributed by atoms with Gasteiger partial charge in [-0.3, -0.25) is 9.69 Å². The van der Waals surface area contributed by atoms with Gasteiger partial charge in [0.05, 0.1) is 0 Å². The lowest BCUT2D eigenvalue weighted by Crippen LogP contribution is -2.41. The summed E-state index contributed by atoms with van der Waals surface area (Å²) in [7, 11) is 0. The lowest BCUT2D eigenvalue weighted by Gasteiger charge is -2.30. The molecular formula is C19H33N3O. The third-order valence-corrected chi connectivity index (χ3v) is 3.80. The largest absolute Gasteiger partial charge is 0.278 e. The van der Waals surface area contributed by atoms with Crippen LogP contribution >= 0.6 is 0 Å². The van der Waals surface area contributed by atoms with E-state index in [1.807, 2.05) is 11.0 Å². The van der Waals surface area contributed by atoms with Crippen molar-refractivity contribution >= 4 is 11.9 Å². The molecule has 0 aliphatic rings. The molecule has 0 saturated heterocycles. The molecule has 0 spiro atoms. The van der Waals surface area contributed by atoms with Crippen LogP contribution in [0.2, 0.25) is 0 Å². The van der Waals surface area contributed by atoms with E-state index in [4.69, 9.17) is 0 Å². The van der Waals surface area contributed by atoms with Crippen LogP contribution in [0.1, 0.15) is 79.3 Å². The Bertz CT molecular complexity index is 494. The van der Waals surface area contributed by atoms with E-state index in [2.05, 4.69) is 51.5 Å². The van der Waals surface area contributed by atoms with Crippen molar-refractivity contribution in [3.63, 3.8) is 0 Å². The molecular weight excluding hydrogens is 286 g/mol. The minimum Gasteiger partial charge on any atom is -0.278 e. The zero-order chi connectivity index (χ0) is 17.5. The molecule has 4 nitrogen and oxygen atoms in total. The Morgan fingerprint density at radius 3 is 2.52 bits per heavy atom. The molecule has 1 atom stereocenters. The van der Waals surface area contributed by atoms with E-state index in [-0.39, 0.29) is 17.4 Å². The molecule has 0 aliphatic carbocycles. The van der Waals surface area contributed by atoms with E-state index >= 15 is 0 Å². The highest BCUT2D eigenvalue weighted by atomic mass is 16.2. The first-order valence-electron chi connectivity index (χ1n) is 8.92. The minimum atomic E-state index is -0.0406. The van der Waals surface area contributed by atoms with Gasteiger partial charge in [-0.15, -0.1) is 0 Å². The lowest BCUT2D eigenvalue weighted by atomic mass is 9.91. The second-order valence-electron chi connectivity index (χ2n) is 7.59. The van der Waals surface area contributed by atoms with E-state index in [1.54, 1.807) is 6.20 Å². The Labute approximate surface area is 141 Å². The van der Waals surface area contributed by atoms with Gasteiger partial charge in [0.2, 0.25) is 11.9 Å². The number of rotatable bonds is 8. The maximum absolute atomic E-state index is 12.8. The normalized spacial score (nSPS) is 13.0. The fourth-order valence-electron chi connectivity index (χ4n) is 2.64. The summed E-state index contributed by atoms with van der Waals surface area (Å²) in [5.41, 5.74) is 0.982. The van der Waals surface area contributed by atoms with Crippen molar-refractivity contribution in [3.8, 4) is 0 Å². The van der Waals surface area contributed by atoms with Gasteiger partial charge >= 0.3 is 0 Å². The second-order valence-corrected chi connectivity index (χ2v) is 7.59. The fraction of sp³-hybridized carbons (Fsp3) is 0.737. The first kappa shape index (κ1) is 19.6. The predicted molar refractivity (Wildman–Crippen MR) is 96.6 cm³/mol. The van der Waals surface area contributed by atoms with Crippen molar-refractivity contribution in [3.05, 3.63) is 18.0 Å². The van der Waals surface area contributed by atoms with E-state index < -0.39 is 0 Å². The maximum atomic E-state index is 12.8. The predicted octanol–water partition coefficient (Wildman–Crippen LogP) is 4.78. The van der Waals surface area contributed by atoms with Gasteiger partial charge in [-0.2, -0.15) is 0 Å². The molecule has 0 aromatic carbocycles. The third kappa shape index (κ3) is 6.67. The number of carbonyl (C=O) groups is 1. The van der Waals surface area contributed by atoms with Gasteiger partial charge in [0, 0.05) is 24.4 Å². The molecule has 1 amide bonds. The first-order chi connectivity index (χ1) is 10.8. The lowest BCUT2D eigenvalue weighted by molar-refractivity contribution is -0.120. The SMILES string of the molecule is CCCCc1ccnc(N(C(=O)CC(C)(C)C)C(C)CCC)n1. The van der Waals surface area contributed by atoms with E-state index in [9.17, 15) is 4.79 Å². The summed E-state index contributed by atoms with van der Waals surface area (Å²) >= 11 is 0. The van der Waals surface area contributed by atoms with Gasteiger partial charge < -0.3 is 0 Å². The molecule has 0 bridgehead atoms. The van der Waals surface area contributed by atoms with Gasteiger partial charge in [-0.05, 0) is 37.7 Å². The van der Waals surface area contributed by atoms with E-state index in [1.165, 1.54) is 0 Å². The number of aryl methyl sites for hydroxylation is 1. The highest BCUT2D eigenvalue weighted by molar-refractivity contribution is 5.92. The molecule has 1 heterocycles. The highest BCUT2D eigenvalue weighted by Gasteiger charge is 2.27. The molecule has 1 aromatic rings. The van der Waals surface area contributed by atoms with Crippen LogP contribution in [0.3, 0.4) is 0 Å². The first-order valence-corrected chi connectivity index (χ1v) is 8.92. The van der Waals surface area contributed by atoms with Crippen LogP contribution in [0.4, 0.5) is 5.95 Å². The smallest absolute Gasteiger partial charge is 0.232 e. The van der Waals surface area contributed by atoms with Crippen molar-refractivity contribution in [2.24, 2.45) is 5.41 Å². The molecule has 0 radical (unpaired) electrons. The van der Waals surface area contributed by atoms with Gasteiger partial charge in [-0.25, -0.2) is 9.97 Å². The molecule has 0 aliphatic heterocycles. The summed E-state index contributed by atoms with van der Waals surface area (Å²) in [6.45, 7) is 12.7. The van der Waals surface area contributed by atoms with Crippen molar-refractivity contribution in [1.82, 2.24) is 9.97 Å². The van der Waals surface area contributed by atoms with E-state index in [0.717, 1.165) is 37.8 Å². The average Bonchev–Trinajstić information content (AvgIpc) is 2.44. The summed E-state index contributed by atoms with van der Waals surface area (Å²) in [5, 5.41) is 0.